The third kappa shape index (κ3) is 47.9. The lowest BCUT2D eigenvalue weighted by Crippen LogP contribution is -2.45. The highest BCUT2D eigenvalue weighted by Crippen LogP contribution is 2.18. The number of rotatable bonds is 51. The lowest BCUT2D eigenvalue weighted by atomic mass is 10.0. The molecule has 4 heteroatoms. The van der Waals surface area contributed by atoms with Gasteiger partial charge in [-0.05, 0) is 25.7 Å². The van der Waals surface area contributed by atoms with Crippen LogP contribution >= 0.6 is 0 Å². The van der Waals surface area contributed by atoms with Gasteiger partial charge in [-0.1, -0.05) is 301 Å². The minimum Gasteiger partial charge on any atom is -0.394 e. The number of carbonyl (C=O) groups excluding carboxylic acids is 1. The van der Waals surface area contributed by atoms with Crippen LogP contribution in [0.5, 0.6) is 0 Å². The summed E-state index contributed by atoms with van der Waals surface area (Å²) in [5.74, 6) is -0.0734. The van der Waals surface area contributed by atoms with E-state index < -0.39 is 12.1 Å². The highest BCUT2D eigenvalue weighted by Gasteiger charge is 2.18. The SMILES string of the molecule is CCC/C=C/CC/C=C/C(O)C(CO)NC(=O)CCCCCCCCCCCCCCCCCCCCCCCCCCCCCCCCCCCCCCCCCCC. The predicted octanol–water partition coefficient (Wildman–Crippen LogP) is 17.9. The van der Waals surface area contributed by atoms with Gasteiger partial charge in [0.05, 0.1) is 18.8 Å². The summed E-state index contributed by atoms with van der Waals surface area (Å²) in [4.78, 5) is 12.3. The van der Waals surface area contributed by atoms with Gasteiger partial charge in [0.15, 0.2) is 0 Å². The molecule has 0 fully saturated rings. The number of allylic oxidation sites excluding steroid dienone is 3. The van der Waals surface area contributed by atoms with Crippen LogP contribution in [-0.4, -0.2) is 34.9 Å². The summed E-state index contributed by atoms with van der Waals surface area (Å²) in [6.07, 6.45) is 69.7. The Hall–Kier alpha value is -1.13. The summed E-state index contributed by atoms with van der Waals surface area (Å²) >= 11 is 0. The van der Waals surface area contributed by atoms with E-state index in [1.165, 1.54) is 250 Å². The molecule has 0 heterocycles. The summed E-state index contributed by atoms with van der Waals surface area (Å²) in [6.45, 7) is 4.21. The highest BCUT2D eigenvalue weighted by atomic mass is 16.3. The van der Waals surface area contributed by atoms with Crippen LogP contribution in [0.3, 0.4) is 0 Å². The highest BCUT2D eigenvalue weighted by molar-refractivity contribution is 5.76. The molecule has 0 saturated heterocycles. The number of carbonyl (C=O) groups is 1. The topological polar surface area (TPSA) is 69.6 Å². The van der Waals surface area contributed by atoms with Crippen LogP contribution in [0.15, 0.2) is 24.3 Å². The summed E-state index contributed by atoms with van der Waals surface area (Å²) in [7, 11) is 0. The van der Waals surface area contributed by atoms with E-state index in [0.717, 1.165) is 38.5 Å². The first-order valence-corrected chi connectivity index (χ1v) is 27.6. The van der Waals surface area contributed by atoms with Crippen molar-refractivity contribution in [3.05, 3.63) is 24.3 Å². The maximum Gasteiger partial charge on any atom is 0.220 e. The Morgan fingerprint density at radius 3 is 0.933 bits per heavy atom. The first-order valence-electron chi connectivity index (χ1n) is 27.6. The molecular weight excluding hydrogens is 735 g/mol. The number of amides is 1. The number of hydrogen-bond acceptors (Lipinski definition) is 3. The van der Waals surface area contributed by atoms with Gasteiger partial charge < -0.3 is 15.5 Å². The van der Waals surface area contributed by atoms with Gasteiger partial charge in [0.2, 0.25) is 5.91 Å². The Morgan fingerprint density at radius 2 is 0.650 bits per heavy atom. The van der Waals surface area contributed by atoms with E-state index in [9.17, 15) is 15.0 Å². The molecule has 0 aromatic rings. The molecule has 4 nitrogen and oxygen atoms in total. The molecular formula is C56H109NO3. The molecule has 2 atom stereocenters. The average molecular weight is 844 g/mol. The standard InChI is InChI=1S/C56H109NO3/c1-3-5-7-9-11-12-13-14-15-16-17-18-19-20-21-22-23-24-25-26-27-28-29-30-31-32-33-34-35-36-37-38-39-40-41-42-43-44-46-48-50-52-56(60)57-54(53-58)55(59)51-49-47-45-10-8-6-4-2/h8,10,49,51,54-55,58-59H,3-7,9,11-48,50,52-53H2,1-2H3,(H,57,60)/b10-8+,51-49+. The quantitative estimate of drug-likeness (QED) is 0.0422. The van der Waals surface area contributed by atoms with Crippen molar-refractivity contribution in [2.75, 3.05) is 6.61 Å². The van der Waals surface area contributed by atoms with Crippen molar-refractivity contribution in [2.24, 2.45) is 0 Å². The third-order valence-corrected chi connectivity index (χ3v) is 12.9. The fraction of sp³-hybridized carbons (Fsp3) is 0.911. The molecule has 0 bridgehead atoms. The minimum atomic E-state index is -0.856. The van der Waals surface area contributed by atoms with Gasteiger partial charge in [-0.25, -0.2) is 0 Å². The Balaban J connectivity index is 3.27. The van der Waals surface area contributed by atoms with E-state index in [1.807, 2.05) is 6.08 Å². The molecule has 1 amide bonds. The Labute approximate surface area is 377 Å². The van der Waals surface area contributed by atoms with Gasteiger partial charge in [0, 0.05) is 6.42 Å². The molecule has 356 valence electrons. The smallest absolute Gasteiger partial charge is 0.220 e. The van der Waals surface area contributed by atoms with Gasteiger partial charge >= 0.3 is 0 Å². The summed E-state index contributed by atoms with van der Waals surface area (Å²) in [5.41, 5.74) is 0. The van der Waals surface area contributed by atoms with Gasteiger partial charge in [-0.3, -0.25) is 4.79 Å². The lowest BCUT2D eigenvalue weighted by Gasteiger charge is -2.19. The molecule has 0 aromatic heterocycles. The second-order valence-electron chi connectivity index (χ2n) is 19.0. The Morgan fingerprint density at radius 1 is 0.383 bits per heavy atom. The van der Waals surface area contributed by atoms with E-state index in [2.05, 4.69) is 31.3 Å². The number of hydrogen-bond donors (Lipinski definition) is 3. The summed E-state index contributed by atoms with van der Waals surface area (Å²) < 4.78 is 0. The van der Waals surface area contributed by atoms with Crippen molar-refractivity contribution in [1.29, 1.82) is 0 Å². The molecule has 60 heavy (non-hydrogen) atoms. The van der Waals surface area contributed by atoms with E-state index >= 15 is 0 Å². The van der Waals surface area contributed by atoms with Gasteiger partial charge in [-0.2, -0.15) is 0 Å². The third-order valence-electron chi connectivity index (χ3n) is 12.9. The van der Waals surface area contributed by atoms with E-state index in [0.29, 0.717) is 6.42 Å². The van der Waals surface area contributed by atoms with Crippen LogP contribution in [0.25, 0.3) is 0 Å². The number of aliphatic hydroxyl groups excluding tert-OH is 2. The molecule has 0 radical (unpaired) electrons. The fourth-order valence-corrected chi connectivity index (χ4v) is 8.74. The molecule has 0 aromatic carbocycles. The first-order chi connectivity index (χ1) is 29.7. The van der Waals surface area contributed by atoms with Crippen LogP contribution in [0, 0.1) is 0 Å². The summed E-state index contributed by atoms with van der Waals surface area (Å²) in [6, 6.07) is -0.632. The van der Waals surface area contributed by atoms with Crippen LogP contribution < -0.4 is 5.32 Å². The molecule has 0 rings (SSSR count). The number of aliphatic hydroxyl groups is 2. The fourth-order valence-electron chi connectivity index (χ4n) is 8.74. The minimum absolute atomic E-state index is 0.0734. The number of nitrogens with one attached hydrogen (secondary N) is 1. The van der Waals surface area contributed by atoms with Crippen LogP contribution in [0.2, 0.25) is 0 Å². The van der Waals surface area contributed by atoms with Gasteiger partial charge in [0.25, 0.3) is 0 Å². The van der Waals surface area contributed by atoms with E-state index in [-0.39, 0.29) is 12.5 Å². The second-order valence-corrected chi connectivity index (χ2v) is 19.0. The molecule has 3 N–H and O–H groups in total. The second kappa shape index (κ2) is 52.2. The van der Waals surface area contributed by atoms with Gasteiger partial charge in [-0.15, -0.1) is 0 Å². The van der Waals surface area contributed by atoms with Crippen molar-refractivity contribution in [2.45, 2.75) is 321 Å². The van der Waals surface area contributed by atoms with Crippen LogP contribution in [0.1, 0.15) is 309 Å². The average Bonchev–Trinajstić information content (AvgIpc) is 3.25. The maximum atomic E-state index is 12.3. The maximum absolute atomic E-state index is 12.3. The van der Waals surface area contributed by atoms with Crippen molar-refractivity contribution in [1.82, 2.24) is 5.32 Å². The first kappa shape index (κ1) is 58.9. The zero-order valence-corrected chi connectivity index (χ0v) is 41.0. The number of unbranched alkanes of at least 4 members (excludes halogenated alkanes) is 42. The molecule has 0 aliphatic carbocycles. The molecule has 0 aliphatic rings. The molecule has 0 aliphatic heterocycles. The van der Waals surface area contributed by atoms with Crippen molar-refractivity contribution >= 4 is 5.91 Å². The normalized spacial score (nSPS) is 12.9. The largest absolute Gasteiger partial charge is 0.394 e. The zero-order chi connectivity index (χ0) is 43.5. The summed E-state index contributed by atoms with van der Waals surface area (Å²) in [5, 5.41) is 22.8. The molecule has 0 spiro atoms. The van der Waals surface area contributed by atoms with Crippen molar-refractivity contribution in [3.63, 3.8) is 0 Å². The lowest BCUT2D eigenvalue weighted by molar-refractivity contribution is -0.123. The van der Waals surface area contributed by atoms with E-state index in [1.54, 1.807) is 6.08 Å². The van der Waals surface area contributed by atoms with E-state index in [4.69, 9.17) is 0 Å². The zero-order valence-electron chi connectivity index (χ0n) is 41.0. The molecule has 0 saturated carbocycles. The van der Waals surface area contributed by atoms with Gasteiger partial charge in [0.1, 0.15) is 0 Å². The Kier molecular flexibility index (Phi) is 51.2. The van der Waals surface area contributed by atoms with Crippen LogP contribution in [-0.2, 0) is 4.79 Å². The monoisotopic (exact) mass is 844 g/mol. The van der Waals surface area contributed by atoms with Crippen molar-refractivity contribution in [3.8, 4) is 0 Å². The van der Waals surface area contributed by atoms with Crippen molar-refractivity contribution < 1.29 is 15.0 Å². The predicted molar refractivity (Wildman–Crippen MR) is 267 cm³/mol. The Bertz CT molecular complexity index is 871. The molecule has 2 unspecified atom stereocenters. The van der Waals surface area contributed by atoms with Crippen LogP contribution in [0.4, 0.5) is 0 Å².